The predicted molar refractivity (Wildman–Crippen MR) is 68.8 cm³/mol. The summed E-state index contributed by atoms with van der Waals surface area (Å²) in [5, 5.41) is 9.19. The van der Waals surface area contributed by atoms with Crippen molar-refractivity contribution >= 4 is 12.0 Å². The zero-order chi connectivity index (χ0) is 13.7. The molecule has 0 spiro atoms. The Morgan fingerprint density at radius 2 is 2.21 bits per heavy atom. The van der Waals surface area contributed by atoms with Crippen LogP contribution < -0.4 is 0 Å². The molecule has 1 amide bonds. The largest absolute Gasteiger partial charge is 0.394 e. The average Bonchev–Trinajstić information content (AvgIpc) is 2.46. The Balaban J connectivity index is 2.01. The molecule has 1 aromatic rings. The van der Waals surface area contributed by atoms with Gasteiger partial charge in [0, 0.05) is 12.6 Å². The molecule has 1 unspecified atom stereocenters. The van der Waals surface area contributed by atoms with E-state index in [9.17, 15) is 14.3 Å². The smallest absolute Gasteiger partial charge is 0.247 e. The summed E-state index contributed by atoms with van der Waals surface area (Å²) in [4.78, 5) is 13.6. The van der Waals surface area contributed by atoms with Gasteiger partial charge in [0.15, 0.2) is 0 Å². The lowest BCUT2D eigenvalue weighted by molar-refractivity contribution is -0.136. The standard InChI is InChI=1S/C14H16FNO3/c15-12-4-1-11(2-5-12)3-6-14(18)16-7-8-19-10-13(16)9-17/h1-6,13,17H,7-10H2/b6-3+. The van der Waals surface area contributed by atoms with Crippen LogP contribution in [0.25, 0.3) is 6.08 Å². The third kappa shape index (κ3) is 3.62. The summed E-state index contributed by atoms with van der Waals surface area (Å²) in [6.07, 6.45) is 3.06. The Bertz CT molecular complexity index is 458. The lowest BCUT2D eigenvalue weighted by atomic mass is 10.2. The molecule has 102 valence electrons. The number of hydrogen-bond acceptors (Lipinski definition) is 3. The Labute approximate surface area is 111 Å². The Morgan fingerprint density at radius 1 is 1.47 bits per heavy atom. The van der Waals surface area contributed by atoms with Crippen molar-refractivity contribution in [3.05, 3.63) is 41.7 Å². The van der Waals surface area contributed by atoms with Crippen molar-refractivity contribution in [3.63, 3.8) is 0 Å². The number of hydrogen-bond donors (Lipinski definition) is 1. The number of aliphatic hydroxyl groups is 1. The number of halogens is 1. The maximum absolute atomic E-state index is 12.7. The summed E-state index contributed by atoms with van der Waals surface area (Å²) >= 11 is 0. The van der Waals surface area contributed by atoms with Gasteiger partial charge in [-0.2, -0.15) is 0 Å². The van der Waals surface area contributed by atoms with Gasteiger partial charge < -0.3 is 14.7 Å². The van der Waals surface area contributed by atoms with Crippen molar-refractivity contribution in [2.45, 2.75) is 6.04 Å². The molecule has 1 fully saturated rings. The van der Waals surface area contributed by atoms with Crippen molar-refractivity contribution < 1.29 is 19.0 Å². The lowest BCUT2D eigenvalue weighted by Crippen LogP contribution is -2.49. The summed E-state index contributed by atoms with van der Waals surface area (Å²) in [5.74, 6) is -0.483. The highest BCUT2D eigenvalue weighted by Crippen LogP contribution is 2.09. The molecule has 0 saturated carbocycles. The van der Waals surface area contributed by atoms with Gasteiger partial charge in [0.25, 0.3) is 0 Å². The monoisotopic (exact) mass is 265 g/mol. The van der Waals surface area contributed by atoms with Crippen LogP contribution in [0.3, 0.4) is 0 Å². The second-order valence-electron chi connectivity index (χ2n) is 4.33. The van der Waals surface area contributed by atoms with Gasteiger partial charge in [-0.15, -0.1) is 0 Å². The first-order chi connectivity index (χ1) is 9.20. The number of nitrogens with zero attached hydrogens (tertiary/aromatic N) is 1. The summed E-state index contributed by atoms with van der Waals surface area (Å²) in [7, 11) is 0. The Kier molecular flexibility index (Phi) is 4.65. The topological polar surface area (TPSA) is 49.8 Å². The van der Waals surface area contributed by atoms with E-state index >= 15 is 0 Å². The van der Waals surface area contributed by atoms with Crippen LogP contribution in [0.1, 0.15) is 5.56 Å². The molecular weight excluding hydrogens is 249 g/mol. The van der Waals surface area contributed by atoms with Gasteiger partial charge in [-0.05, 0) is 23.8 Å². The minimum atomic E-state index is -0.308. The van der Waals surface area contributed by atoms with Crippen molar-refractivity contribution in [2.24, 2.45) is 0 Å². The summed E-state index contributed by atoms with van der Waals surface area (Å²) < 4.78 is 17.9. The minimum absolute atomic E-state index is 0.115. The Hall–Kier alpha value is -1.72. The number of amides is 1. The predicted octanol–water partition coefficient (Wildman–Crippen LogP) is 1.06. The molecule has 19 heavy (non-hydrogen) atoms. The van der Waals surface area contributed by atoms with Crippen molar-refractivity contribution in [1.29, 1.82) is 0 Å². The first-order valence-electron chi connectivity index (χ1n) is 6.13. The van der Waals surface area contributed by atoms with Crippen molar-refractivity contribution in [3.8, 4) is 0 Å². The molecule has 0 radical (unpaired) electrons. The second-order valence-corrected chi connectivity index (χ2v) is 4.33. The summed E-state index contributed by atoms with van der Waals surface area (Å²) in [5.41, 5.74) is 0.753. The van der Waals surface area contributed by atoms with E-state index in [1.54, 1.807) is 23.1 Å². The molecule has 1 aromatic carbocycles. The summed E-state index contributed by atoms with van der Waals surface area (Å²) in [6, 6.07) is 5.59. The molecule has 1 aliphatic rings. The fraction of sp³-hybridized carbons (Fsp3) is 0.357. The molecule has 0 aromatic heterocycles. The van der Waals surface area contributed by atoms with Crippen molar-refractivity contribution in [1.82, 2.24) is 4.90 Å². The highest BCUT2D eigenvalue weighted by molar-refractivity contribution is 5.92. The van der Waals surface area contributed by atoms with E-state index in [0.29, 0.717) is 19.8 Å². The molecular formula is C14H16FNO3. The van der Waals surface area contributed by atoms with E-state index in [2.05, 4.69) is 0 Å². The number of carbonyl (C=O) groups excluding carboxylic acids is 1. The number of rotatable bonds is 3. The lowest BCUT2D eigenvalue weighted by Gasteiger charge is -2.33. The van der Waals surface area contributed by atoms with Crippen LogP contribution in [-0.4, -0.2) is 48.3 Å². The van der Waals surface area contributed by atoms with Gasteiger partial charge >= 0.3 is 0 Å². The van der Waals surface area contributed by atoms with Crippen molar-refractivity contribution in [2.75, 3.05) is 26.4 Å². The second kappa shape index (κ2) is 6.45. The molecule has 5 heteroatoms. The maximum Gasteiger partial charge on any atom is 0.247 e. The minimum Gasteiger partial charge on any atom is -0.394 e. The van der Waals surface area contributed by atoms with Gasteiger partial charge in [-0.3, -0.25) is 4.79 Å². The normalized spacial score (nSPS) is 19.9. The number of morpholine rings is 1. The SMILES string of the molecule is O=C(/C=C/c1ccc(F)cc1)N1CCOCC1CO. The van der Waals surface area contributed by atoms with E-state index in [1.165, 1.54) is 18.2 Å². The molecule has 0 aliphatic carbocycles. The van der Waals surface area contributed by atoms with Crippen LogP contribution in [0.15, 0.2) is 30.3 Å². The highest BCUT2D eigenvalue weighted by atomic mass is 19.1. The Morgan fingerprint density at radius 3 is 2.89 bits per heavy atom. The van der Waals surface area contributed by atoms with Gasteiger partial charge in [0.2, 0.25) is 5.91 Å². The quantitative estimate of drug-likeness (QED) is 0.831. The molecule has 1 N–H and O–H groups in total. The van der Waals surface area contributed by atoms with E-state index in [1.807, 2.05) is 0 Å². The molecule has 1 saturated heterocycles. The molecule has 1 aliphatic heterocycles. The first-order valence-corrected chi connectivity index (χ1v) is 6.13. The van der Waals surface area contributed by atoms with E-state index < -0.39 is 0 Å². The van der Waals surface area contributed by atoms with Crippen LogP contribution in [0.2, 0.25) is 0 Å². The third-order valence-electron chi connectivity index (χ3n) is 3.01. The van der Waals surface area contributed by atoms with E-state index in [4.69, 9.17) is 4.74 Å². The van der Waals surface area contributed by atoms with Gasteiger partial charge in [-0.1, -0.05) is 12.1 Å². The van der Waals surface area contributed by atoms with Crippen LogP contribution in [0.4, 0.5) is 4.39 Å². The van der Waals surface area contributed by atoms with Gasteiger partial charge in [0.1, 0.15) is 5.82 Å². The molecule has 0 bridgehead atoms. The number of ether oxygens (including phenoxy) is 1. The number of carbonyl (C=O) groups is 1. The van der Waals surface area contributed by atoms with E-state index in [-0.39, 0.29) is 24.4 Å². The molecule has 4 nitrogen and oxygen atoms in total. The average molecular weight is 265 g/mol. The third-order valence-corrected chi connectivity index (χ3v) is 3.01. The van der Waals surface area contributed by atoms with Crippen LogP contribution in [0, 0.1) is 5.82 Å². The maximum atomic E-state index is 12.7. The number of aliphatic hydroxyl groups excluding tert-OH is 1. The highest BCUT2D eigenvalue weighted by Gasteiger charge is 2.24. The molecule has 1 atom stereocenters. The molecule has 2 rings (SSSR count). The number of benzene rings is 1. The van der Waals surface area contributed by atoms with Crippen LogP contribution in [0.5, 0.6) is 0 Å². The fourth-order valence-corrected chi connectivity index (χ4v) is 1.93. The molecule has 1 heterocycles. The van der Waals surface area contributed by atoms with Gasteiger partial charge in [-0.25, -0.2) is 4.39 Å². The van der Waals surface area contributed by atoms with Gasteiger partial charge in [0.05, 0.1) is 25.9 Å². The van der Waals surface area contributed by atoms with Crippen LogP contribution >= 0.6 is 0 Å². The zero-order valence-electron chi connectivity index (χ0n) is 10.5. The zero-order valence-corrected chi connectivity index (χ0v) is 10.5. The van der Waals surface area contributed by atoms with E-state index in [0.717, 1.165) is 5.56 Å². The summed E-state index contributed by atoms with van der Waals surface area (Å²) in [6.45, 7) is 1.19. The first kappa shape index (κ1) is 13.7. The van der Waals surface area contributed by atoms with Crippen LogP contribution in [-0.2, 0) is 9.53 Å². The fourth-order valence-electron chi connectivity index (χ4n) is 1.93.